The average molecular weight is 323 g/mol. The molecular formula is C20H21NO3. The zero-order chi connectivity index (χ0) is 17.3. The Hall–Kier alpha value is -2.75. The Kier molecular flexibility index (Phi) is 4.06. The van der Waals surface area contributed by atoms with Crippen molar-refractivity contribution in [3.63, 3.8) is 0 Å². The van der Waals surface area contributed by atoms with Gasteiger partial charge in [-0.3, -0.25) is 4.79 Å². The molecule has 1 aliphatic rings. The Morgan fingerprint density at radius 3 is 2.54 bits per heavy atom. The van der Waals surface area contributed by atoms with Crippen molar-refractivity contribution < 1.29 is 14.3 Å². The van der Waals surface area contributed by atoms with Crippen molar-refractivity contribution in [2.24, 2.45) is 0 Å². The number of amides is 1. The van der Waals surface area contributed by atoms with Gasteiger partial charge in [0.25, 0.3) is 0 Å². The summed E-state index contributed by atoms with van der Waals surface area (Å²) >= 11 is 0. The van der Waals surface area contributed by atoms with Crippen molar-refractivity contribution in [2.45, 2.75) is 11.8 Å². The first kappa shape index (κ1) is 16.1. The Labute approximate surface area is 142 Å². The lowest BCUT2D eigenvalue weighted by atomic mass is 9.72. The first-order valence-corrected chi connectivity index (χ1v) is 7.81. The maximum absolute atomic E-state index is 13.3. The van der Waals surface area contributed by atoms with Crippen molar-refractivity contribution in [1.29, 1.82) is 0 Å². The molecule has 0 aliphatic carbocycles. The number of carbonyl (C=O) groups excluding carboxylic acids is 1. The summed E-state index contributed by atoms with van der Waals surface area (Å²) < 4.78 is 10.9. The molecule has 124 valence electrons. The minimum Gasteiger partial charge on any atom is -0.497 e. The van der Waals surface area contributed by atoms with Gasteiger partial charge in [-0.05, 0) is 24.1 Å². The number of carbonyl (C=O) groups is 1. The molecule has 0 N–H and O–H groups in total. The number of rotatable bonds is 5. The second kappa shape index (κ2) is 6.04. The van der Waals surface area contributed by atoms with Gasteiger partial charge in [-0.25, -0.2) is 0 Å². The number of likely N-dealkylation sites (N-methyl/N-ethyl adjacent to an activating group) is 1. The fourth-order valence-electron chi connectivity index (χ4n) is 3.57. The van der Waals surface area contributed by atoms with E-state index in [2.05, 4.69) is 6.58 Å². The topological polar surface area (TPSA) is 38.8 Å². The lowest BCUT2D eigenvalue weighted by molar-refractivity contribution is -0.121. The van der Waals surface area contributed by atoms with Crippen LogP contribution in [-0.4, -0.2) is 27.2 Å². The van der Waals surface area contributed by atoms with Gasteiger partial charge in [0.05, 0.1) is 14.2 Å². The third-order valence-electron chi connectivity index (χ3n) is 4.71. The van der Waals surface area contributed by atoms with E-state index in [4.69, 9.17) is 9.47 Å². The van der Waals surface area contributed by atoms with E-state index >= 15 is 0 Å². The summed E-state index contributed by atoms with van der Waals surface area (Å²) in [5.74, 6) is 1.35. The van der Waals surface area contributed by atoms with Crippen molar-refractivity contribution in [2.75, 3.05) is 26.2 Å². The number of allylic oxidation sites excluding steroid dienone is 1. The van der Waals surface area contributed by atoms with Crippen LogP contribution in [0.2, 0.25) is 0 Å². The molecule has 0 spiro atoms. The first-order valence-electron chi connectivity index (χ1n) is 7.81. The van der Waals surface area contributed by atoms with E-state index in [1.54, 1.807) is 25.2 Å². The molecule has 2 aromatic carbocycles. The number of ether oxygens (including phenoxy) is 2. The summed E-state index contributed by atoms with van der Waals surface area (Å²) in [6, 6.07) is 13.5. The smallest absolute Gasteiger partial charge is 0.242 e. The predicted molar refractivity (Wildman–Crippen MR) is 95.0 cm³/mol. The molecule has 1 atom stereocenters. The second-order valence-electron chi connectivity index (χ2n) is 5.85. The fourth-order valence-corrected chi connectivity index (χ4v) is 3.57. The molecule has 1 aliphatic heterocycles. The number of methoxy groups -OCH3 is 2. The molecule has 1 heterocycles. The zero-order valence-corrected chi connectivity index (χ0v) is 14.2. The van der Waals surface area contributed by atoms with Crippen LogP contribution in [0.4, 0.5) is 5.69 Å². The monoisotopic (exact) mass is 323 g/mol. The summed E-state index contributed by atoms with van der Waals surface area (Å²) in [5, 5.41) is 0. The Morgan fingerprint density at radius 1 is 1.12 bits per heavy atom. The molecule has 3 rings (SSSR count). The van der Waals surface area contributed by atoms with Gasteiger partial charge in [-0.1, -0.05) is 30.3 Å². The summed E-state index contributed by atoms with van der Waals surface area (Å²) in [7, 11) is 5.02. The molecule has 4 heteroatoms. The summed E-state index contributed by atoms with van der Waals surface area (Å²) in [6.45, 7) is 3.88. The van der Waals surface area contributed by atoms with Crippen LogP contribution in [0.5, 0.6) is 11.5 Å². The SMILES string of the molecule is C=CC[C@@]1(c2ccc(OC)cc2OC)C(=O)N(C)c2ccccc21. The highest BCUT2D eigenvalue weighted by Gasteiger charge is 2.51. The molecule has 0 saturated carbocycles. The van der Waals surface area contributed by atoms with Gasteiger partial charge in [0.1, 0.15) is 16.9 Å². The fraction of sp³-hybridized carbons (Fsp3) is 0.250. The Bertz CT molecular complexity index is 799. The molecule has 24 heavy (non-hydrogen) atoms. The number of hydrogen-bond acceptors (Lipinski definition) is 3. The predicted octanol–water partition coefficient (Wildman–Crippen LogP) is 3.54. The highest BCUT2D eigenvalue weighted by molar-refractivity contribution is 6.10. The molecule has 2 aromatic rings. The highest BCUT2D eigenvalue weighted by Crippen LogP contribution is 2.50. The van der Waals surface area contributed by atoms with Crippen molar-refractivity contribution in [3.8, 4) is 11.5 Å². The van der Waals surface area contributed by atoms with E-state index in [1.165, 1.54) is 0 Å². The molecule has 4 nitrogen and oxygen atoms in total. The second-order valence-corrected chi connectivity index (χ2v) is 5.85. The van der Waals surface area contributed by atoms with Crippen LogP contribution >= 0.6 is 0 Å². The zero-order valence-electron chi connectivity index (χ0n) is 14.2. The molecule has 0 radical (unpaired) electrons. The van der Waals surface area contributed by atoms with Crippen LogP contribution in [0.15, 0.2) is 55.1 Å². The maximum Gasteiger partial charge on any atom is 0.242 e. The number of benzene rings is 2. The Balaban J connectivity index is 2.32. The van der Waals surface area contributed by atoms with Crippen LogP contribution < -0.4 is 14.4 Å². The van der Waals surface area contributed by atoms with E-state index in [-0.39, 0.29) is 5.91 Å². The standard InChI is InChI=1S/C20H21NO3/c1-5-12-20(16-11-10-14(23-3)13-18(16)24-4)15-8-6-7-9-17(15)21(2)19(20)22/h5-11,13H,1,12H2,2-4H3/t20-/m1/s1. The number of anilines is 1. The van der Waals surface area contributed by atoms with Gasteiger partial charge in [0.15, 0.2) is 0 Å². The number of hydrogen-bond donors (Lipinski definition) is 0. The van der Waals surface area contributed by atoms with Crippen LogP contribution in [0.25, 0.3) is 0 Å². The van der Waals surface area contributed by atoms with Crippen LogP contribution in [-0.2, 0) is 10.2 Å². The molecule has 1 amide bonds. The molecule has 0 saturated heterocycles. The number of nitrogens with zero attached hydrogens (tertiary/aromatic N) is 1. The summed E-state index contributed by atoms with van der Waals surface area (Å²) in [4.78, 5) is 15.0. The minimum absolute atomic E-state index is 0.0204. The van der Waals surface area contributed by atoms with Crippen LogP contribution in [0, 0.1) is 0 Å². The molecule has 0 bridgehead atoms. The third kappa shape index (κ3) is 2.10. The van der Waals surface area contributed by atoms with E-state index < -0.39 is 5.41 Å². The minimum atomic E-state index is -0.829. The third-order valence-corrected chi connectivity index (χ3v) is 4.71. The van der Waals surface area contributed by atoms with Gasteiger partial charge >= 0.3 is 0 Å². The molecule has 0 unspecified atom stereocenters. The van der Waals surface area contributed by atoms with E-state index in [0.29, 0.717) is 17.9 Å². The average Bonchev–Trinajstić information content (AvgIpc) is 2.84. The van der Waals surface area contributed by atoms with Crippen molar-refractivity contribution >= 4 is 11.6 Å². The van der Waals surface area contributed by atoms with Crippen LogP contribution in [0.3, 0.4) is 0 Å². The lowest BCUT2D eigenvalue weighted by Crippen LogP contribution is -2.39. The van der Waals surface area contributed by atoms with E-state index in [9.17, 15) is 4.79 Å². The normalized spacial score (nSPS) is 19.1. The van der Waals surface area contributed by atoms with E-state index in [0.717, 1.165) is 16.8 Å². The van der Waals surface area contributed by atoms with Gasteiger partial charge in [0, 0.05) is 24.4 Å². The van der Waals surface area contributed by atoms with Gasteiger partial charge < -0.3 is 14.4 Å². The largest absolute Gasteiger partial charge is 0.497 e. The number of fused-ring (bicyclic) bond motifs is 1. The first-order chi connectivity index (χ1) is 11.6. The Morgan fingerprint density at radius 2 is 1.88 bits per heavy atom. The van der Waals surface area contributed by atoms with Crippen molar-refractivity contribution in [3.05, 3.63) is 66.2 Å². The van der Waals surface area contributed by atoms with E-state index in [1.807, 2.05) is 49.5 Å². The number of para-hydroxylation sites is 1. The maximum atomic E-state index is 13.3. The van der Waals surface area contributed by atoms with Gasteiger partial charge in [0.2, 0.25) is 5.91 Å². The summed E-state index contributed by atoms with van der Waals surface area (Å²) in [6.07, 6.45) is 2.29. The van der Waals surface area contributed by atoms with Crippen molar-refractivity contribution in [1.82, 2.24) is 0 Å². The summed E-state index contributed by atoms with van der Waals surface area (Å²) in [5.41, 5.74) is 1.89. The highest BCUT2D eigenvalue weighted by atomic mass is 16.5. The molecule has 0 fully saturated rings. The van der Waals surface area contributed by atoms with Gasteiger partial charge in [-0.2, -0.15) is 0 Å². The van der Waals surface area contributed by atoms with Crippen LogP contribution in [0.1, 0.15) is 17.5 Å². The molecular weight excluding hydrogens is 302 g/mol. The molecule has 0 aromatic heterocycles. The quantitative estimate of drug-likeness (QED) is 0.790. The lowest BCUT2D eigenvalue weighted by Gasteiger charge is -2.29. The van der Waals surface area contributed by atoms with Gasteiger partial charge in [-0.15, -0.1) is 6.58 Å².